The molecular weight excluding hydrogens is 260 g/mol. The first-order chi connectivity index (χ1) is 10.0. The molecule has 4 nitrogen and oxygen atoms in total. The van der Waals surface area contributed by atoms with Crippen molar-refractivity contribution in [3.05, 3.63) is 65.2 Å². The number of nitrogens with zero attached hydrogens (tertiary/aromatic N) is 4. The summed E-state index contributed by atoms with van der Waals surface area (Å²) in [5.41, 5.74) is 13.9. The van der Waals surface area contributed by atoms with Gasteiger partial charge in [0.1, 0.15) is 0 Å². The van der Waals surface area contributed by atoms with Crippen molar-refractivity contribution in [3.8, 4) is 0 Å². The highest BCUT2D eigenvalue weighted by molar-refractivity contribution is 6.10. The highest BCUT2D eigenvalue weighted by atomic mass is 15.1. The second-order valence-electron chi connectivity index (χ2n) is 5.34. The fourth-order valence-corrected chi connectivity index (χ4v) is 2.14. The summed E-state index contributed by atoms with van der Waals surface area (Å²) < 4.78 is 0. The van der Waals surface area contributed by atoms with Crippen LogP contribution in [0.15, 0.2) is 48.5 Å². The minimum Gasteiger partial charge on any atom is -0.378 e. The Bertz CT molecular complexity index is 629. The van der Waals surface area contributed by atoms with Crippen LogP contribution in [0.25, 0.3) is 5.53 Å². The van der Waals surface area contributed by atoms with Crippen LogP contribution in [0.2, 0.25) is 0 Å². The van der Waals surface area contributed by atoms with Crippen LogP contribution >= 0.6 is 0 Å². The van der Waals surface area contributed by atoms with Crippen molar-refractivity contribution in [2.24, 2.45) is 0 Å². The lowest BCUT2D eigenvalue weighted by Crippen LogP contribution is -2.12. The molecule has 0 atom stereocenters. The van der Waals surface area contributed by atoms with Crippen LogP contribution in [0, 0.1) is 0 Å². The van der Waals surface area contributed by atoms with E-state index in [1.165, 1.54) is 0 Å². The summed E-state index contributed by atoms with van der Waals surface area (Å²) in [6.07, 6.45) is 0. The van der Waals surface area contributed by atoms with Crippen molar-refractivity contribution >= 4 is 17.1 Å². The standard InChI is InChI=1S/C17H20N4/c1-20(2)15-9-5-7-13(11-15)17(19-18)14-8-6-10-16(12-14)21(3)4/h5-12H,1-4H3. The highest BCUT2D eigenvalue weighted by Gasteiger charge is 2.16. The van der Waals surface area contributed by atoms with Gasteiger partial charge >= 0.3 is 5.71 Å². The minimum atomic E-state index is 0.572. The lowest BCUT2D eigenvalue weighted by molar-refractivity contribution is -0.00278. The van der Waals surface area contributed by atoms with Crippen molar-refractivity contribution in [3.63, 3.8) is 0 Å². The van der Waals surface area contributed by atoms with E-state index >= 15 is 0 Å². The van der Waals surface area contributed by atoms with E-state index in [1.807, 2.05) is 86.5 Å². The first kappa shape index (κ1) is 14.8. The molecule has 0 amide bonds. The van der Waals surface area contributed by atoms with Crippen molar-refractivity contribution in [2.45, 2.75) is 0 Å². The molecule has 4 heteroatoms. The van der Waals surface area contributed by atoms with E-state index in [4.69, 9.17) is 0 Å². The fourth-order valence-electron chi connectivity index (χ4n) is 2.14. The topological polar surface area (TPSA) is 42.9 Å². The molecule has 0 aliphatic heterocycles. The largest absolute Gasteiger partial charge is 0.378 e. The third-order valence-corrected chi connectivity index (χ3v) is 3.37. The maximum Gasteiger partial charge on any atom is 0.329 e. The van der Waals surface area contributed by atoms with E-state index < -0.39 is 0 Å². The SMILES string of the molecule is CN(C)c1cccc(C(=[N+]=[N-])c2cccc(N(C)C)c2)c1. The molecule has 0 saturated carbocycles. The van der Waals surface area contributed by atoms with Crippen molar-refractivity contribution in [1.82, 2.24) is 0 Å². The first-order valence-electron chi connectivity index (χ1n) is 6.80. The van der Waals surface area contributed by atoms with E-state index in [0.29, 0.717) is 5.71 Å². The number of rotatable bonds is 4. The number of anilines is 2. The summed E-state index contributed by atoms with van der Waals surface area (Å²) in [4.78, 5) is 7.55. The predicted molar refractivity (Wildman–Crippen MR) is 88.4 cm³/mol. The molecule has 0 radical (unpaired) electrons. The van der Waals surface area contributed by atoms with E-state index in [1.54, 1.807) is 0 Å². The zero-order valence-corrected chi connectivity index (χ0v) is 12.9. The molecule has 0 N–H and O–H groups in total. The van der Waals surface area contributed by atoms with Gasteiger partial charge in [0, 0.05) is 39.6 Å². The fraction of sp³-hybridized carbons (Fsp3) is 0.235. The van der Waals surface area contributed by atoms with Gasteiger partial charge in [0.15, 0.2) is 0 Å². The molecule has 2 aromatic carbocycles. The Balaban J connectivity index is 2.48. The van der Waals surface area contributed by atoms with E-state index in [0.717, 1.165) is 22.5 Å². The Kier molecular flexibility index (Phi) is 4.41. The average Bonchev–Trinajstić information content (AvgIpc) is 2.48. The van der Waals surface area contributed by atoms with Crippen LogP contribution < -0.4 is 9.80 Å². The highest BCUT2D eigenvalue weighted by Crippen LogP contribution is 2.19. The number of hydrogen-bond donors (Lipinski definition) is 0. The van der Waals surface area contributed by atoms with Gasteiger partial charge in [-0.05, 0) is 36.4 Å². The second kappa shape index (κ2) is 6.25. The van der Waals surface area contributed by atoms with E-state index in [-0.39, 0.29) is 0 Å². The third kappa shape index (κ3) is 3.30. The van der Waals surface area contributed by atoms with Gasteiger partial charge in [-0.2, -0.15) is 4.79 Å². The molecule has 0 heterocycles. The molecule has 2 aromatic rings. The Morgan fingerprint density at radius 2 is 1.24 bits per heavy atom. The summed E-state index contributed by atoms with van der Waals surface area (Å²) in [7, 11) is 7.95. The van der Waals surface area contributed by atoms with Crippen LogP contribution in [0.4, 0.5) is 11.4 Å². The van der Waals surface area contributed by atoms with Crippen molar-refractivity contribution in [2.75, 3.05) is 38.0 Å². The summed E-state index contributed by atoms with van der Waals surface area (Å²) in [6.45, 7) is 0. The zero-order chi connectivity index (χ0) is 15.4. The molecule has 21 heavy (non-hydrogen) atoms. The molecule has 2 rings (SSSR count). The van der Waals surface area contributed by atoms with Gasteiger partial charge in [-0.1, -0.05) is 12.1 Å². The van der Waals surface area contributed by atoms with Gasteiger partial charge in [0.2, 0.25) is 0 Å². The molecule has 0 bridgehead atoms. The maximum absolute atomic E-state index is 9.45. The molecular formula is C17H20N4. The normalized spacial score (nSPS) is 9.90. The van der Waals surface area contributed by atoms with E-state index in [9.17, 15) is 5.53 Å². The van der Waals surface area contributed by atoms with Crippen molar-refractivity contribution < 1.29 is 4.79 Å². The lowest BCUT2D eigenvalue weighted by atomic mass is 10.0. The average molecular weight is 280 g/mol. The molecule has 0 unspecified atom stereocenters. The van der Waals surface area contributed by atoms with Crippen LogP contribution in [-0.4, -0.2) is 38.7 Å². The number of benzene rings is 2. The number of hydrogen-bond acceptors (Lipinski definition) is 2. The van der Waals surface area contributed by atoms with Crippen molar-refractivity contribution in [1.29, 1.82) is 0 Å². The molecule has 0 aliphatic carbocycles. The molecule has 0 saturated heterocycles. The first-order valence-corrected chi connectivity index (χ1v) is 6.80. The van der Waals surface area contributed by atoms with Crippen LogP contribution in [-0.2, 0) is 0 Å². The zero-order valence-electron chi connectivity index (χ0n) is 12.9. The quantitative estimate of drug-likeness (QED) is 0.491. The summed E-state index contributed by atoms with van der Waals surface area (Å²) in [6, 6.07) is 15.9. The van der Waals surface area contributed by atoms with Gasteiger partial charge in [0.25, 0.3) is 0 Å². The van der Waals surface area contributed by atoms with Gasteiger partial charge in [-0.15, -0.1) is 0 Å². The van der Waals surface area contributed by atoms with Crippen LogP contribution in [0.5, 0.6) is 0 Å². The summed E-state index contributed by atoms with van der Waals surface area (Å²) in [5.74, 6) is 0. The van der Waals surface area contributed by atoms with Gasteiger partial charge in [-0.25, -0.2) is 0 Å². The molecule has 0 aliphatic rings. The van der Waals surface area contributed by atoms with Crippen LogP contribution in [0.3, 0.4) is 0 Å². The predicted octanol–water partition coefficient (Wildman–Crippen LogP) is 2.89. The summed E-state index contributed by atoms with van der Waals surface area (Å²) in [5, 5.41) is 0. The maximum atomic E-state index is 9.45. The molecule has 0 spiro atoms. The Hall–Kier alpha value is -2.58. The van der Waals surface area contributed by atoms with Gasteiger partial charge in [-0.3, -0.25) is 0 Å². The minimum absolute atomic E-state index is 0.572. The smallest absolute Gasteiger partial charge is 0.329 e. The summed E-state index contributed by atoms with van der Waals surface area (Å²) >= 11 is 0. The molecule has 0 aromatic heterocycles. The Morgan fingerprint density at radius 3 is 1.57 bits per heavy atom. The third-order valence-electron chi connectivity index (χ3n) is 3.37. The Morgan fingerprint density at radius 1 is 0.810 bits per heavy atom. The van der Waals surface area contributed by atoms with Gasteiger partial charge in [0.05, 0.1) is 11.1 Å². The van der Waals surface area contributed by atoms with E-state index in [2.05, 4.69) is 4.79 Å². The second-order valence-corrected chi connectivity index (χ2v) is 5.34. The molecule has 0 fully saturated rings. The van der Waals surface area contributed by atoms with Crippen LogP contribution in [0.1, 0.15) is 11.1 Å². The lowest BCUT2D eigenvalue weighted by Gasteiger charge is -2.14. The Labute approximate surface area is 125 Å². The monoisotopic (exact) mass is 280 g/mol. The molecule has 108 valence electrons. The van der Waals surface area contributed by atoms with Gasteiger partial charge < -0.3 is 15.3 Å².